The Morgan fingerprint density at radius 1 is 1.00 bits per heavy atom. The molecule has 1 saturated heterocycles. The number of halogens is 3. The highest BCUT2D eigenvalue weighted by molar-refractivity contribution is 7.91. The summed E-state index contributed by atoms with van der Waals surface area (Å²) < 4.78 is 64.5. The zero-order valence-electron chi connectivity index (χ0n) is 14.1. The van der Waals surface area contributed by atoms with Gasteiger partial charge in [0.15, 0.2) is 9.84 Å². The van der Waals surface area contributed by atoms with Gasteiger partial charge in [-0.3, -0.25) is 4.90 Å². The molecule has 3 rings (SSSR count). The maximum Gasteiger partial charge on any atom is 0.416 e. The summed E-state index contributed by atoms with van der Waals surface area (Å²) in [5.74, 6) is -0.0149. The van der Waals surface area contributed by atoms with Crippen LogP contribution in [0, 0.1) is 0 Å². The summed E-state index contributed by atoms with van der Waals surface area (Å²) in [6.45, 7) is 0.496. The summed E-state index contributed by atoms with van der Waals surface area (Å²) >= 11 is 0. The van der Waals surface area contributed by atoms with Gasteiger partial charge in [-0.15, -0.1) is 0 Å². The molecule has 0 amide bonds. The van der Waals surface area contributed by atoms with Crippen LogP contribution in [0.4, 0.5) is 13.2 Å². The van der Waals surface area contributed by atoms with Gasteiger partial charge in [-0.2, -0.15) is 13.2 Å². The molecule has 2 aromatic carbocycles. The van der Waals surface area contributed by atoms with Gasteiger partial charge in [0, 0.05) is 19.1 Å². The van der Waals surface area contributed by atoms with Crippen molar-refractivity contribution in [2.24, 2.45) is 0 Å². The SMILES string of the molecule is O=S1(=O)CCCN(Cc2ccccc2C(F)(F)F)C(c2ccccc2)C1. The Kier molecular flexibility index (Phi) is 5.39. The summed E-state index contributed by atoms with van der Waals surface area (Å²) in [5.41, 5.74) is 0.307. The van der Waals surface area contributed by atoms with E-state index in [0.717, 1.165) is 11.6 Å². The Hall–Kier alpha value is -1.86. The molecule has 1 heterocycles. The molecule has 0 aliphatic carbocycles. The molecule has 0 N–H and O–H groups in total. The van der Waals surface area contributed by atoms with Gasteiger partial charge < -0.3 is 0 Å². The number of hydrogen-bond donors (Lipinski definition) is 0. The van der Waals surface area contributed by atoms with Crippen molar-refractivity contribution in [1.29, 1.82) is 0 Å². The van der Waals surface area contributed by atoms with Crippen LogP contribution in [-0.4, -0.2) is 31.4 Å². The van der Waals surface area contributed by atoms with Crippen molar-refractivity contribution in [2.75, 3.05) is 18.1 Å². The van der Waals surface area contributed by atoms with Crippen molar-refractivity contribution in [3.63, 3.8) is 0 Å². The summed E-state index contributed by atoms with van der Waals surface area (Å²) in [7, 11) is -3.24. The van der Waals surface area contributed by atoms with Crippen LogP contribution in [0.5, 0.6) is 0 Å². The third-order valence-electron chi connectivity index (χ3n) is 4.63. The second kappa shape index (κ2) is 7.40. The maximum atomic E-state index is 13.3. The number of benzene rings is 2. The molecule has 140 valence electrons. The predicted octanol–water partition coefficient (Wildman–Crippen LogP) is 4.07. The number of nitrogens with zero attached hydrogens (tertiary/aromatic N) is 1. The van der Waals surface area contributed by atoms with Crippen molar-refractivity contribution in [3.8, 4) is 0 Å². The molecule has 26 heavy (non-hydrogen) atoms. The van der Waals surface area contributed by atoms with Gasteiger partial charge in [0.2, 0.25) is 0 Å². The first-order valence-electron chi connectivity index (χ1n) is 8.41. The van der Waals surface area contributed by atoms with E-state index in [1.165, 1.54) is 12.1 Å². The van der Waals surface area contributed by atoms with Gasteiger partial charge in [-0.05, 0) is 23.6 Å². The molecule has 1 fully saturated rings. The Morgan fingerprint density at radius 2 is 1.65 bits per heavy atom. The lowest BCUT2D eigenvalue weighted by atomic mass is 10.0. The first-order valence-corrected chi connectivity index (χ1v) is 10.2. The Bertz CT molecular complexity index is 851. The van der Waals surface area contributed by atoms with Crippen molar-refractivity contribution >= 4 is 9.84 Å². The highest BCUT2D eigenvalue weighted by Gasteiger charge is 2.35. The first kappa shape index (κ1) is 18.9. The molecule has 0 saturated carbocycles. The van der Waals surface area contributed by atoms with Crippen LogP contribution < -0.4 is 0 Å². The highest BCUT2D eigenvalue weighted by atomic mass is 32.2. The minimum Gasteiger partial charge on any atom is -0.291 e. The predicted molar refractivity (Wildman–Crippen MR) is 94.3 cm³/mol. The average molecular weight is 383 g/mol. The maximum absolute atomic E-state index is 13.3. The highest BCUT2D eigenvalue weighted by Crippen LogP contribution is 2.34. The molecule has 0 bridgehead atoms. The first-order chi connectivity index (χ1) is 12.3. The Balaban J connectivity index is 1.97. The van der Waals surface area contributed by atoms with Crippen molar-refractivity contribution in [3.05, 3.63) is 71.3 Å². The number of hydrogen-bond acceptors (Lipinski definition) is 3. The number of sulfone groups is 1. The van der Waals surface area contributed by atoms with Gasteiger partial charge >= 0.3 is 6.18 Å². The zero-order valence-corrected chi connectivity index (χ0v) is 14.9. The molecule has 0 radical (unpaired) electrons. The Labute approximate surface area is 151 Å². The van der Waals surface area contributed by atoms with E-state index in [1.54, 1.807) is 6.07 Å². The van der Waals surface area contributed by atoms with Gasteiger partial charge in [0.25, 0.3) is 0 Å². The van der Waals surface area contributed by atoms with E-state index in [2.05, 4.69) is 0 Å². The molecule has 7 heteroatoms. The van der Waals surface area contributed by atoms with Crippen LogP contribution in [0.25, 0.3) is 0 Å². The van der Waals surface area contributed by atoms with Crippen LogP contribution in [0.2, 0.25) is 0 Å². The molecule has 2 aromatic rings. The summed E-state index contributed by atoms with van der Waals surface area (Å²) in [6.07, 6.45) is -4.02. The van der Waals surface area contributed by atoms with Crippen molar-refractivity contribution in [2.45, 2.75) is 25.2 Å². The fraction of sp³-hybridized carbons (Fsp3) is 0.368. The van der Waals surface area contributed by atoms with E-state index in [9.17, 15) is 21.6 Å². The molecule has 1 aliphatic rings. The molecular formula is C19H20F3NO2S. The number of rotatable bonds is 3. The van der Waals surface area contributed by atoms with Gasteiger partial charge in [0.1, 0.15) is 0 Å². The molecular weight excluding hydrogens is 363 g/mol. The van der Waals surface area contributed by atoms with Gasteiger partial charge in [0.05, 0.1) is 17.1 Å². The van der Waals surface area contributed by atoms with Crippen LogP contribution in [0.15, 0.2) is 54.6 Å². The standard InChI is InChI=1S/C19H20F3NO2S/c20-19(21,22)17-10-5-4-9-16(17)13-23-11-6-12-26(24,25)14-18(23)15-7-2-1-3-8-15/h1-5,7-10,18H,6,11-14H2. The zero-order chi connectivity index (χ0) is 18.8. The Morgan fingerprint density at radius 3 is 2.35 bits per heavy atom. The smallest absolute Gasteiger partial charge is 0.291 e. The quantitative estimate of drug-likeness (QED) is 0.802. The lowest BCUT2D eigenvalue weighted by Crippen LogP contribution is -2.32. The monoisotopic (exact) mass is 383 g/mol. The molecule has 0 spiro atoms. The van der Waals surface area contributed by atoms with E-state index < -0.39 is 27.6 Å². The molecule has 1 atom stereocenters. The lowest BCUT2D eigenvalue weighted by Gasteiger charge is -2.30. The van der Waals surface area contributed by atoms with Crippen LogP contribution in [0.3, 0.4) is 0 Å². The summed E-state index contributed by atoms with van der Waals surface area (Å²) in [6, 6.07) is 14.1. The van der Waals surface area contributed by atoms with Crippen LogP contribution in [-0.2, 0) is 22.6 Å². The van der Waals surface area contributed by atoms with E-state index in [-0.39, 0.29) is 23.6 Å². The minimum atomic E-state index is -4.43. The average Bonchev–Trinajstić information content (AvgIpc) is 2.73. The van der Waals surface area contributed by atoms with E-state index in [4.69, 9.17) is 0 Å². The van der Waals surface area contributed by atoms with E-state index in [1.807, 2.05) is 35.2 Å². The van der Waals surface area contributed by atoms with Crippen LogP contribution in [0.1, 0.15) is 29.2 Å². The minimum absolute atomic E-state index is 0.0603. The fourth-order valence-electron chi connectivity index (χ4n) is 3.40. The third-order valence-corrected chi connectivity index (χ3v) is 6.37. The second-order valence-electron chi connectivity index (χ2n) is 6.52. The lowest BCUT2D eigenvalue weighted by molar-refractivity contribution is -0.138. The van der Waals surface area contributed by atoms with Crippen molar-refractivity contribution < 1.29 is 21.6 Å². The molecule has 1 unspecified atom stereocenters. The second-order valence-corrected chi connectivity index (χ2v) is 8.75. The summed E-state index contributed by atoms with van der Waals surface area (Å²) in [5, 5.41) is 0. The summed E-state index contributed by atoms with van der Waals surface area (Å²) in [4.78, 5) is 1.85. The topological polar surface area (TPSA) is 37.4 Å². The molecule has 0 aromatic heterocycles. The number of alkyl halides is 3. The van der Waals surface area contributed by atoms with E-state index in [0.29, 0.717) is 13.0 Å². The van der Waals surface area contributed by atoms with Crippen LogP contribution >= 0.6 is 0 Å². The van der Waals surface area contributed by atoms with E-state index >= 15 is 0 Å². The largest absolute Gasteiger partial charge is 0.416 e. The fourth-order valence-corrected chi connectivity index (χ4v) is 5.02. The molecule has 1 aliphatic heterocycles. The third kappa shape index (κ3) is 4.45. The normalized spacial score (nSPS) is 21.3. The van der Waals surface area contributed by atoms with Gasteiger partial charge in [-0.1, -0.05) is 48.5 Å². The van der Waals surface area contributed by atoms with Crippen molar-refractivity contribution in [1.82, 2.24) is 4.90 Å². The molecule has 3 nitrogen and oxygen atoms in total. The van der Waals surface area contributed by atoms with Gasteiger partial charge in [-0.25, -0.2) is 8.42 Å².